The van der Waals surface area contributed by atoms with Crippen LogP contribution in [-0.2, 0) is 4.79 Å². The second-order valence-corrected chi connectivity index (χ2v) is 3.24. The quantitative estimate of drug-likeness (QED) is 0.412. The summed E-state index contributed by atoms with van der Waals surface area (Å²) in [7, 11) is 0. The number of rotatable bonds is 5. The minimum Gasteiger partial charge on any atom is -0.394 e. The fourth-order valence-electron chi connectivity index (χ4n) is 1.04. The first-order chi connectivity index (χ1) is 5.91. The van der Waals surface area contributed by atoms with Gasteiger partial charge in [0.05, 0.1) is 18.8 Å². The fourth-order valence-corrected chi connectivity index (χ4v) is 1.04. The van der Waals surface area contributed by atoms with Crippen molar-refractivity contribution < 1.29 is 20.1 Å². The standard InChI is InChI=1S/C8H17NO4/c1-4(7(9)5(2)11)8(13)6(12)3-10/h4,6-8,10,12-13H,3,9H2,1-2H3/t4-,6-,7-,8+/m1/s1. The molecule has 5 heteroatoms. The van der Waals surface area contributed by atoms with Crippen LogP contribution in [0.5, 0.6) is 0 Å². The van der Waals surface area contributed by atoms with Gasteiger partial charge in [0.2, 0.25) is 0 Å². The number of hydrogen-bond acceptors (Lipinski definition) is 5. The van der Waals surface area contributed by atoms with Gasteiger partial charge in [0.15, 0.2) is 0 Å². The van der Waals surface area contributed by atoms with Crippen molar-refractivity contribution in [3.05, 3.63) is 0 Å². The van der Waals surface area contributed by atoms with E-state index in [9.17, 15) is 9.90 Å². The Morgan fingerprint density at radius 3 is 2.23 bits per heavy atom. The normalized spacial score (nSPS) is 20.5. The van der Waals surface area contributed by atoms with Crippen LogP contribution in [0.1, 0.15) is 13.8 Å². The average molecular weight is 191 g/mol. The van der Waals surface area contributed by atoms with Crippen molar-refractivity contribution in [3.8, 4) is 0 Å². The van der Waals surface area contributed by atoms with Gasteiger partial charge in [-0.3, -0.25) is 4.79 Å². The Kier molecular flexibility index (Phi) is 5.09. The topological polar surface area (TPSA) is 104 Å². The molecule has 13 heavy (non-hydrogen) atoms. The van der Waals surface area contributed by atoms with Gasteiger partial charge in [-0.15, -0.1) is 0 Å². The van der Waals surface area contributed by atoms with Crippen LogP contribution >= 0.6 is 0 Å². The van der Waals surface area contributed by atoms with Crippen LogP contribution in [0.25, 0.3) is 0 Å². The third-order valence-corrected chi connectivity index (χ3v) is 2.16. The molecule has 5 N–H and O–H groups in total. The zero-order valence-electron chi connectivity index (χ0n) is 7.84. The lowest BCUT2D eigenvalue weighted by Gasteiger charge is -2.25. The number of aliphatic hydroxyl groups excluding tert-OH is 3. The molecule has 0 spiro atoms. The molecule has 0 fully saturated rings. The Balaban J connectivity index is 4.24. The lowest BCUT2D eigenvalue weighted by Crippen LogP contribution is -2.46. The number of ketones is 1. The molecule has 0 unspecified atom stereocenters. The van der Waals surface area contributed by atoms with E-state index in [0.29, 0.717) is 0 Å². The minimum atomic E-state index is -1.25. The maximum atomic E-state index is 10.8. The number of nitrogens with two attached hydrogens (primary N) is 1. The van der Waals surface area contributed by atoms with Gasteiger partial charge in [0, 0.05) is 5.92 Å². The van der Waals surface area contributed by atoms with E-state index in [2.05, 4.69) is 0 Å². The molecular weight excluding hydrogens is 174 g/mol. The van der Waals surface area contributed by atoms with Gasteiger partial charge >= 0.3 is 0 Å². The highest BCUT2D eigenvalue weighted by Crippen LogP contribution is 2.11. The summed E-state index contributed by atoms with van der Waals surface area (Å²) in [5, 5.41) is 27.0. The molecule has 0 heterocycles. The number of carbonyl (C=O) groups is 1. The van der Waals surface area contributed by atoms with Crippen LogP contribution in [0.3, 0.4) is 0 Å². The van der Waals surface area contributed by atoms with E-state index in [1.807, 2.05) is 0 Å². The average Bonchev–Trinajstić information content (AvgIpc) is 2.12. The van der Waals surface area contributed by atoms with Crippen LogP contribution < -0.4 is 5.73 Å². The Morgan fingerprint density at radius 1 is 1.46 bits per heavy atom. The fraction of sp³-hybridized carbons (Fsp3) is 0.875. The van der Waals surface area contributed by atoms with Gasteiger partial charge in [-0.05, 0) is 6.92 Å². The van der Waals surface area contributed by atoms with E-state index in [1.165, 1.54) is 6.92 Å². The summed E-state index contributed by atoms with van der Waals surface area (Å²) in [4.78, 5) is 10.8. The maximum Gasteiger partial charge on any atom is 0.146 e. The molecule has 0 aromatic rings. The van der Waals surface area contributed by atoms with E-state index in [1.54, 1.807) is 6.92 Å². The van der Waals surface area contributed by atoms with E-state index >= 15 is 0 Å². The van der Waals surface area contributed by atoms with Crippen molar-refractivity contribution in [2.24, 2.45) is 11.7 Å². The van der Waals surface area contributed by atoms with Crippen LogP contribution in [0.4, 0.5) is 0 Å². The summed E-state index contributed by atoms with van der Waals surface area (Å²) < 4.78 is 0. The molecule has 5 nitrogen and oxygen atoms in total. The molecule has 0 aliphatic heterocycles. The highest BCUT2D eigenvalue weighted by Gasteiger charge is 2.28. The third kappa shape index (κ3) is 3.40. The largest absolute Gasteiger partial charge is 0.394 e. The highest BCUT2D eigenvalue weighted by molar-refractivity contribution is 5.81. The lowest BCUT2D eigenvalue weighted by molar-refractivity contribution is -0.121. The van der Waals surface area contributed by atoms with Gasteiger partial charge in [0.1, 0.15) is 11.9 Å². The highest BCUT2D eigenvalue weighted by atomic mass is 16.4. The molecule has 0 bridgehead atoms. The van der Waals surface area contributed by atoms with E-state index in [4.69, 9.17) is 15.9 Å². The first kappa shape index (κ1) is 12.5. The Labute approximate surface area is 77.2 Å². The van der Waals surface area contributed by atoms with Crippen molar-refractivity contribution in [1.29, 1.82) is 0 Å². The van der Waals surface area contributed by atoms with Gasteiger partial charge in [-0.2, -0.15) is 0 Å². The molecule has 0 saturated carbocycles. The van der Waals surface area contributed by atoms with Gasteiger partial charge in [-0.25, -0.2) is 0 Å². The Bertz CT molecular complexity index is 174. The first-order valence-corrected chi connectivity index (χ1v) is 4.14. The number of aliphatic hydroxyl groups is 3. The second kappa shape index (κ2) is 5.29. The zero-order valence-corrected chi connectivity index (χ0v) is 7.84. The number of Topliss-reactive ketones (excluding diaryl/α,β-unsaturated/α-hetero) is 1. The maximum absolute atomic E-state index is 10.8. The van der Waals surface area contributed by atoms with E-state index < -0.39 is 30.8 Å². The van der Waals surface area contributed by atoms with Crippen LogP contribution in [-0.4, -0.2) is 46.0 Å². The molecular formula is C8H17NO4. The van der Waals surface area contributed by atoms with Crippen molar-refractivity contribution in [2.75, 3.05) is 6.61 Å². The van der Waals surface area contributed by atoms with Crippen molar-refractivity contribution in [1.82, 2.24) is 0 Å². The predicted octanol–water partition coefficient (Wildman–Crippen LogP) is -1.75. The van der Waals surface area contributed by atoms with Crippen molar-refractivity contribution in [3.63, 3.8) is 0 Å². The predicted molar refractivity (Wildman–Crippen MR) is 46.9 cm³/mol. The molecule has 0 aliphatic carbocycles. The zero-order chi connectivity index (χ0) is 10.6. The molecule has 78 valence electrons. The van der Waals surface area contributed by atoms with Gasteiger partial charge in [-0.1, -0.05) is 6.92 Å². The van der Waals surface area contributed by atoms with Crippen LogP contribution in [0.2, 0.25) is 0 Å². The molecule has 0 radical (unpaired) electrons. The van der Waals surface area contributed by atoms with E-state index in [0.717, 1.165) is 0 Å². The summed E-state index contributed by atoms with van der Waals surface area (Å²) in [5.74, 6) is -0.823. The van der Waals surface area contributed by atoms with E-state index in [-0.39, 0.29) is 5.78 Å². The number of carbonyl (C=O) groups excluding carboxylic acids is 1. The molecule has 0 rings (SSSR count). The monoisotopic (exact) mass is 191 g/mol. The summed E-state index contributed by atoms with van der Waals surface area (Å²) in [6.45, 7) is 2.32. The molecule has 0 aromatic carbocycles. The third-order valence-electron chi connectivity index (χ3n) is 2.16. The SMILES string of the molecule is CC(=O)[C@H](N)[C@@H](C)[C@H](O)[C@H](O)CO. The number of hydrogen-bond donors (Lipinski definition) is 4. The molecule has 0 aliphatic rings. The summed E-state index contributed by atoms with van der Waals surface area (Å²) in [6.07, 6.45) is -2.43. The van der Waals surface area contributed by atoms with Crippen LogP contribution in [0.15, 0.2) is 0 Å². The van der Waals surface area contributed by atoms with Crippen molar-refractivity contribution in [2.45, 2.75) is 32.1 Å². The summed E-state index contributed by atoms with van der Waals surface area (Å²) >= 11 is 0. The second-order valence-electron chi connectivity index (χ2n) is 3.24. The van der Waals surface area contributed by atoms with Gasteiger partial charge in [0.25, 0.3) is 0 Å². The summed E-state index contributed by atoms with van der Waals surface area (Å²) in [5.41, 5.74) is 5.45. The summed E-state index contributed by atoms with van der Waals surface area (Å²) in [6, 6.07) is -0.809. The smallest absolute Gasteiger partial charge is 0.146 e. The minimum absolute atomic E-state index is 0.253. The molecule has 0 aromatic heterocycles. The van der Waals surface area contributed by atoms with Crippen molar-refractivity contribution >= 4 is 5.78 Å². The lowest BCUT2D eigenvalue weighted by atomic mass is 9.91. The molecule has 0 amide bonds. The van der Waals surface area contributed by atoms with Crippen LogP contribution in [0, 0.1) is 5.92 Å². The Hall–Kier alpha value is -0.490. The first-order valence-electron chi connectivity index (χ1n) is 4.14. The Morgan fingerprint density at radius 2 is 1.92 bits per heavy atom. The van der Waals surface area contributed by atoms with Gasteiger partial charge < -0.3 is 21.1 Å². The molecule has 4 atom stereocenters. The molecule has 0 saturated heterocycles.